The van der Waals surface area contributed by atoms with Crippen LogP contribution < -0.4 is 0 Å². The molecule has 2 atom stereocenters. The van der Waals surface area contributed by atoms with Crippen molar-refractivity contribution in [1.82, 2.24) is 4.90 Å². The number of hydrogen-bond acceptors (Lipinski definition) is 3. The molecule has 82 valence electrons. The minimum atomic E-state index is -0.691. The van der Waals surface area contributed by atoms with Crippen LogP contribution in [0.2, 0.25) is 0 Å². The molecule has 1 heterocycles. The Morgan fingerprint density at radius 1 is 1.71 bits per heavy atom. The first-order chi connectivity index (χ1) is 6.63. The smallest absolute Gasteiger partial charge is 0.304 e. The Bertz CT molecular complexity index is 199. The van der Waals surface area contributed by atoms with Gasteiger partial charge in [-0.2, -0.15) is 11.8 Å². The molecular formula is C10H19NO2S. The summed E-state index contributed by atoms with van der Waals surface area (Å²) in [4.78, 5) is 12.9. The first-order valence-electron chi connectivity index (χ1n) is 5.21. The third-order valence-electron chi connectivity index (χ3n) is 2.72. The van der Waals surface area contributed by atoms with Gasteiger partial charge in [0.15, 0.2) is 0 Å². The molecule has 1 fully saturated rings. The summed E-state index contributed by atoms with van der Waals surface area (Å²) in [6.45, 7) is 6.30. The largest absolute Gasteiger partial charge is 0.481 e. The summed E-state index contributed by atoms with van der Waals surface area (Å²) < 4.78 is 0. The van der Waals surface area contributed by atoms with Gasteiger partial charge in [-0.15, -0.1) is 0 Å². The Kier molecular flexibility index (Phi) is 4.75. The van der Waals surface area contributed by atoms with E-state index in [1.807, 2.05) is 18.7 Å². The Hall–Kier alpha value is -0.220. The molecule has 0 saturated carbocycles. The molecular weight excluding hydrogens is 198 g/mol. The Labute approximate surface area is 89.9 Å². The van der Waals surface area contributed by atoms with E-state index in [2.05, 4.69) is 11.8 Å². The van der Waals surface area contributed by atoms with E-state index in [1.165, 1.54) is 6.42 Å². The van der Waals surface area contributed by atoms with Gasteiger partial charge in [0.2, 0.25) is 0 Å². The van der Waals surface area contributed by atoms with Crippen LogP contribution in [-0.2, 0) is 4.79 Å². The number of carboxylic acid groups (broad SMARTS) is 1. The second-order valence-electron chi connectivity index (χ2n) is 3.84. The van der Waals surface area contributed by atoms with Crippen molar-refractivity contribution < 1.29 is 9.90 Å². The van der Waals surface area contributed by atoms with Crippen molar-refractivity contribution in [3.63, 3.8) is 0 Å². The quantitative estimate of drug-likeness (QED) is 0.778. The van der Waals surface area contributed by atoms with Crippen LogP contribution in [0.4, 0.5) is 0 Å². The first-order valence-corrected chi connectivity index (χ1v) is 6.25. The molecule has 0 aromatic heterocycles. The molecule has 0 aliphatic carbocycles. The molecule has 0 bridgehead atoms. The van der Waals surface area contributed by atoms with Gasteiger partial charge < -0.3 is 5.11 Å². The summed E-state index contributed by atoms with van der Waals surface area (Å²) >= 11 is 2.01. The van der Waals surface area contributed by atoms with Gasteiger partial charge in [-0.1, -0.05) is 6.92 Å². The number of rotatable bonds is 4. The fourth-order valence-corrected chi connectivity index (χ4v) is 2.98. The van der Waals surface area contributed by atoms with E-state index in [-0.39, 0.29) is 12.5 Å². The normalized spacial score (nSPS) is 26.0. The minimum Gasteiger partial charge on any atom is -0.481 e. The van der Waals surface area contributed by atoms with Crippen LogP contribution in [0, 0.1) is 0 Å². The van der Waals surface area contributed by atoms with E-state index < -0.39 is 5.97 Å². The van der Waals surface area contributed by atoms with Gasteiger partial charge in [0.1, 0.15) is 0 Å². The van der Waals surface area contributed by atoms with E-state index in [0.717, 1.165) is 18.8 Å². The average Bonchev–Trinajstić information content (AvgIpc) is 2.17. The molecule has 1 saturated heterocycles. The molecule has 3 nitrogen and oxygen atoms in total. The van der Waals surface area contributed by atoms with Crippen molar-refractivity contribution in [2.45, 2.75) is 38.0 Å². The van der Waals surface area contributed by atoms with E-state index in [9.17, 15) is 4.79 Å². The standard InChI is InChI=1S/C10H19NO2S/c1-3-9-7-11(4-5-14-9)8(2)6-10(12)13/h8-9H,3-7H2,1-2H3,(H,12,13). The Balaban J connectivity index is 2.38. The highest BCUT2D eigenvalue weighted by Crippen LogP contribution is 2.23. The van der Waals surface area contributed by atoms with Gasteiger partial charge in [0, 0.05) is 30.1 Å². The molecule has 2 unspecified atom stereocenters. The number of carboxylic acids is 1. The summed E-state index contributed by atoms with van der Waals surface area (Å²) in [5.41, 5.74) is 0. The fraction of sp³-hybridized carbons (Fsp3) is 0.900. The number of thioether (sulfide) groups is 1. The fourth-order valence-electron chi connectivity index (χ4n) is 1.77. The molecule has 1 aliphatic rings. The van der Waals surface area contributed by atoms with Crippen LogP contribution >= 0.6 is 11.8 Å². The third kappa shape index (κ3) is 3.50. The summed E-state index contributed by atoms with van der Waals surface area (Å²) in [5.74, 6) is 0.450. The molecule has 1 aliphatic heterocycles. The van der Waals surface area contributed by atoms with Crippen LogP contribution in [0.1, 0.15) is 26.7 Å². The van der Waals surface area contributed by atoms with Crippen molar-refractivity contribution in [2.24, 2.45) is 0 Å². The monoisotopic (exact) mass is 217 g/mol. The first kappa shape index (κ1) is 11.9. The Morgan fingerprint density at radius 3 is 3.00 bits per heavy atom. The van der Waals surface area contributed by atoms with E-state index in [4.69, 9.17) is 5.11 Å². The minimum absolute atomic E-state index is 0.183. The maximum Gasteiger partial charge on any atom is 0.304 e. The molecule has 0 aromatic carbocycles. The molecule has 1 N–H and O–H groups in total. The van der Waals surface area contributed by atoms with Gasteiger partial charge in [0.25, 0.3) is 0 Å². The molecule has 1 rings (SSSR count). The van der Waals surface area contributed by atoms with Crippen molar-refractivity contribution in [3.05, 3.63) is 0 Å². The SMILES string of the molecule is CCC1CN(C(C)CC(=O)O)CCS1. The predicted molar refractivity (Wildman–Crippen MR) is 59.8 cm³/mol. The molecule has 14 heavy (non-hydrogen) atoms. The lowest BCUT2D eigenvalue weighted by atomic mass is 10.2. The van der Waals surface area contributed by atoms with Crippen molar-refractivity contribution in [3.8, 4) is 0 Å². The summed E-state index contributed by atoms with van der Waals surface area (Å²) in [5, 5.41) is 9.40. The van der Waals surface area contributed by atoms with Crippen LogP contribution in [-0.4, -0.2) is 46.1 Å². The number of hydrogen-bond donors (Lipinski definition) is 1. The highest BCUT2D eigenvalue weighted by Gasteiger charge is 2.23. The van der Waals surface area contributed by atoms with Gasteiger partial charge >= 0.3 is 5.97 Å². The lowest BCUT2D eigenvalue weighted by Crippen LogP contribution is -2.43. The van der Waals surface area contributed by atoms with Crippen LogP contribution in [0.5, 0.6) is 0 Å². The summed E-state index contributed by atoms with van der Waals surface area (Å²) in [6.07, 6.45) is 1.45. The highest BCUT2D eigenvalue weighted by molar-refractivity contribution is 8.00. The number of nitrogens with zero attached hydrogens (tertiary/aromatic N) is 1. The lowest BCUT2D eigenvalue weighted by Gasteiger charge is -2.35. The molecule has 0 amide bonds. The Morgan fingerprint density at radius 2 is 2.43 bits per heavy atom. The lowest BCUT2D eigenvalue weighted by molar-refractivity contribution is -0.138. The maximum absolute atomic E-state index is 10.6. The zero-order valence-corrected chi connectivity index (χ0v) is 9.72. The molecule has 4 heteroatoms. The van der Waals surface area contributed by atoms with Crippen LogP contribution in [0.15, 0.2) is 0 Å². The van der Waals surface area contributed by atoms with Crippen molar-refractivity contribution >= 4 is 17.7 Å². The zero-order chi connectivity index (χ0) is 10.6. The van der Waals surface area contributed by atoms with Crippen molar-refractivity contribution in [2.75, 3.05) is 18.8 Å². The molecule has 0 radical (unpaired) electrons. The summed E-state index contributed by atoms with van der Waals surface area (Å²) in [6, 6.07) is 0.183. The average molecular weight is 217 g/mol. The molecule has 0 spiro atoms. The maximum atomic E-state index is 10.6. The van der Waals surface area contributed by atoms with E-state index >= 15 is 0 Å². The van der Waals surface area contributed by atoms with Gasteiger partial charge in [-0.3, -0.25) is 9.69 Å². The third-order valence-corrected chi connectivity index (χ3v) is 4.09. The number of aliphatic carboxylic acids is 1. The van der Waals surface area contributed by atoms with E-state index in [0.29, 0.717) is 5.25 Å². The van der Waals surface area contributed by atoms with Gasteiger partial charge in [-0.05, 0) is 13.3 Å². The second kappa shape index (κ2) is 5.61. The van der Waals surface area contributed by atoms with Crippen LogP contribution in [0.25, 0.3) is 0 Å². The summed E-state index contributed by atoms with van der Waals surface area (Å²) in [7, 11) is 0. The van der Waals surface area contributed by atoms with Crippen molar-refractivity contribution in [1.29, 1.82) is 0 Å². The molecule has 0 aromatic rings. The number of carbonyl (C=O) groups is 1. The van der Waals surface area contributed by atoms with E-state index in [1.54, 1.807) is 0 Å². The van der Waals surface area contributed by atoms with Crippen LogP contribution in [0.3, 0.4) is 0 Å². The predicted octanol–water partition coefficient (Wildman–Crippen LogP) is 1.68. The highest BCUT2D eigenvalue weighted by atomic mass is 32.2. The van der Waals surface area contributed by atoms with Gasteiger partial charge in [-0.25, -0.2) is 0 Å². The second-order valence-corrected chi connectivity index (χ2v) is 5.25. The zero-order valence-electron chi connectivity index (χ0n) is 8.90. The van der Waals surface area contributed by atoms with Gasteiger partial charge in [0.05, 0.1) is 6.42 Å². The topological polar surface area (TPSA) is 40.5 Å².